The van der Waals surface area contributed by atoms with Crippen LogP contribution in [0.1, 0.15) is 16.8 Å². The Balaban J connectivity index is 1.29. The smallest absolute Gasteiger partial charge is 0.254 e. The van der Waals surface area contributed by atoms with Crippen molar-refractivity contribution in [3.63, 3.8) is 0 Å². The minimum Gasteiger partial charge on any atom is -0.490 e. The molecule has 0 unspecified atom stereocenters. The number of fused-ring (bicyclic) bond motifs is 1. The summed E-state index contributed by atoms with van der Waals surface area (Å²) in [7, 11) is 0. The summed E-state index contributed by atoms with van der Waals surface area (Å²) in [5.74, 6) is 0.608. The third-order valence-electron chi connectivity index (χ3n) is 5.13. The van der Waals surface area contributed by atoms with Crippen LogP contribution in [-0.2, 0) is 4.79 Å². The lowest BCUT2D eigenvalue weighted by Gasteiger charge is -2.34. The third-order valence-corrected chi connectivity index (χ3v) is 5.13. The van der Waals surface area contributed by atoms with Crippen LogP contribution in [0.15, 0.2) is 42.5 Å². The summed E-state index contributed by atoms with van der Waals surface area (Å²) in [4.78, 5) is 28.8. The van der Waals surface area contributed by atoms with E-state index in [0.717, 1.165) is 6.42 Å². The van der Waals surface area contributed by atoms with Crippen LogP contribution < -0.4 is 14.8 Å². The zero-order valence-corrected chi connectivity index (χ0v) is 16.6. The fourth-order valence-corrected chi connectivity index (χ4v) is 3.56. The molecule has 1 saturated heterocycles. The number of ether oxygens (including phenoxy) is 2. The molecule has 1 N–H and O–H groups in total. The Hall–Kier alpha value is -3.13. The first kappa shape index (κ1) is 20.2. The number of carbonyl (C=O) groups excluding carboxylic acids is 2. The highest BCUT2D eigenvalue weighted by Gasteiger charge is 2.24. The molecular formula is C22H24FN3O4. The van der Waals surface area contributed by atoms with Crippen molar-refractivity contribution < 1.29 is 23.5 Å². The van der Waals surface area contributed by atoms with Crippen molar-refractivity contribution in [2.45, 2.75) is 6.42 Å². The Kier molecular flexibility index (Phi) is 6.13. The SMILES string of the molecule is O=C(CN1CCN(C(=O)c2ccc3c(c2)OCCCO3)CC1)Nc1cccc(F)c1. The molecule has 0 aromatic heterocycles. The van der Waals surface area contributed by atoms with Gasteiger partial charge in [0.05, 0.1) is 19.8 Å². The number of hydrogen-bond acceptors (Lipinski definition) is 5. The van der Waals surface area contributed by atoms with Gasteiger partial charge in [-0.25, -0.2) is 4.39 Å². The van der Waals surface area contributed by atoms with E-state index in [1.54, 1.807) is 35.2 Å². The van der Waals surface area contributed by atoms with E-state index in [1.807, 2.05) is 4.90 Å². The van der Waals surface area contributed by atoms with Gasteiger partial charge in [-0.3, -0.25) is 14.5 Å². The van der Waals surface area contributed by atoms with Gasteiger partial charge in [0.15, 0.2) is 11.5 Å². The molecule has 2 aromatic rings. The average molecular weight is 413 g/mol. The van der Waals surface area contributed by atoms with Crippen molar-refractivity contribution in [3.05, 3.63) is 53.8 Å². The van der Waals surface area contributed by atoms with Crippen LogP contribution in [0.25, 0.3) is 0 Å². The minimum absolute atomic E-state index is 0.0606. The van der Waals surface area contributed by atoms with Gasteiger partial charge in [0.2, 0.25) is 5.91 Å². The molecule has 2 amide bonds. The molecule has 0 saturated carbocycles. The standard InChI is InChI=1S/C22H24FN3O4/c23-17-3-1-4-18(14-17)24-21(27)15-25-7-9-26(10-8-25)22(28)16-5-6-19-20(13-16)30-12-2-11-29-19/h1,3-6,13-14H,2,7-12,15H2,(H,24,27). The number of benzene rings is 2. The van der Waals surface area contributed by atoms with Crippen molar-refractivity contribution in [2.75, 3.05) is 51.3 Å². The predicted octanol–water partition coefficient (Wildman–Crippen LogP) is 2.38. The van der Waals surface area contributed by atoms with Gasteiger partial charge < -0.3 is 19.7 Å². The molecule has 4 rings (SSSR count). The summed E-state index contributed by atoms with van der Waals surface area (Å²) >= 11 is 0. The van der Waals surface area contributed by atoms with Gasteiger partial charge >= 0.3 is 0 Å². The first-order valence-electron chi connectivity index (χ1n) is 10.1. The second kappa shape index (κ2) is 9.13. The van der Waals surface area contributed by atoms with E-state index < -0.39 is 5.82 Å². The summed E-state index contributed by atoms with van der Waals surface area (Å²) in [5, 5.41) is 2.70. The van der Waals surface area contributed by atoms with E-state index in [9.17, 15) is 14.0 Å². The third kappa shape index (κ3) is 4.88. The molecule has 0 radical (unpaired) electrons. The Morgan fingerprint density at radius 3 is 2.50 bits per heavy atom. The Morgan fingerprint density at radius 2 is 1.73 bits per heavy atom. The van der Waals surface area contributed by atoms with Crippen molar-refractivity contribution in [1.82, 2.24) is 9.80 Å². The Bertz CT molecular complexity index is 928. The number of halogens is 1. The highest BCUT2D eigenvalue weighted by Crippen LogP contribution is 2.30. The molecule has 2 aliphatic rings. The number of carbonyl (C=O) groups is 2. The molecule has 0 spiro atoms. The zero-order chi connectivity index (χ0) is 20.9. The molecule has 0 bridgehead atoms. The molecule has 7 nitrogen and oxygen atoms in total. The quantitative estimate of drug-likeness (QED) is 0.834. The maximum Gasteiger partial charge on any atom is 0.254 e. The molecule has 2 aromatic carbocycles. The van der Waals surface area contributed by atoms with Gasteiger partial charge in [0.25, 0.3) is 5.91 Å². The fraction of sp³-hybridized carbons (Fsp3) is 0.364. The monoisotopic (exact) mass is 413 g/mol. The molecular weight excluding hydrogens is 389 g/mol. The van der Waals surface area contributed by atoms with Crippen LogP contribution in [0, 0.1) is 5.82 Å². The lowest BCUT2D eigenvalue weighted by atomic mass is 10.1. The average Bonchev–Trinajstić information content (AvgIpc) is 2.98. The number of anilines is 1. The van der Waals surface area contributed by atoms with Gasteiger partial charge in [-0.15, -0.1) is 0 Å². The second-order valence-corrected chi connectivity index (χ2v) is 7.34. The maximum absolute atomic E-state index is 13.2. The van der Waals surface area contributed by atoms with Crippen LogP contribution in [0.3, 0.4) is 0 Å². The largest absolute Gasteiger partial charge is 0.490 e. The van der Waals surface area contributed by atoms with Crippen molar-refractivity contribution in [3.8, 4) is 11.5 Å². The van der Waals surface area contributed by atoms with E-state index >= 15 is 0 Å². The van der Waals surface area contributed by atoms with E-state index in [4.69, 9.17) is 9.47 Å². The molecule has 2 aliphatic heterocycles. The second-order valence-electron chi connectivity index (χ2n) is 7.34. The molecule has 158 valence electrons. The highest BCUT2D eigenvalue weighted by atomic mass is 19.1. The van der Waals surface area contributed by atoms with Crippen LogP contribution in [0.5, 0.6) is 11.5 Å². The van der Waals surface area contributed by atoms with E-state index in [1.165, 1.54) is 12.1 Å². The van der Waals surface area contributed by atoms with Crippen molar-refractivity contribution >= 4 is 17.5 Å². The minimum atomic E-state index is -0.394. The van der Waals surface area contributed by atoms with Crippen LogP contribution >= 0.6 is 0 Å². The molecule has 1 fully saturated rings. The van der Waals surface area contributed by atoms with Gasteiger partial charge in [0, 0.05) is 43.9 Å². The molecule has 8 heteroatoms. The highest BCUT2D eigenvalue weighted by molar-refractivity contribution is 5.95. The number of hydrogen-bond donors (Lipinski definition) is 1. The first-order chi connectivity index (χ1) is 14.6. The fourth-order valence-electron chi connectivity index (χ4n) is 3.56. The first-order valence-corrected chi connectivity index (χ1v) is 10.1. The summed E-state index contributed by atoms with van der Waals surface area (Å²) in [6.45, 7) is 3.61. The summed E-state index contributed by atoms with van der Waals surface area (Å²) < 4.78 is 24.5. The summed E-state index contributed by atoms with van der Waals surface area (Å²) in [6, 6.07) is 11.1. The van der Waals surface area contributed by atoms with Crippen molar-refractivity contribution in [2.24, 2.45) is 0 Å². The summed E-state index contributed by atoms with van der Waals surface area (Å²) in [5.41, 5.74) is 1.000. The molecule has 30 heavy (non-hydrogen) atoms. The number of piperazine rings is 1. The number of nitrogens with one attached hydrogen (secondary N) is 1. The molecule has 0 aliphatic carbocycles. The van der Waals surface area contributed by atoms with Crippen LogP contribution in [-0.4, -0.2) is 67.6 Å². The van der Waals surface area contributed by atoms with Gasteiger partial charge in [-0.05, 0) is 36.4 Å². The van der Waals surface area contributed by atoms with E-state index in [0.29, 0.717) is 62.1 Å². The number of nitrogens with zero attached hydrogens (tertiary/aromatic N) is 2. The van der Waals surface area contributed by atoms with Crippen molar-refractivity contribution in [1.29, 1.82) is 0 Å². The number of rotatable bonds is 4. The Morgan fingerprint density at radius 1 is 0.967 bits per heavy atom. The molecule has 2 heterocycles. The lowest BCUT2D eigenvalue weighted by Crippen LogP contribution is -2.50. The van der Waals surface area contributed by atoms with Gasteiger partial charge in [-0.1, -0.05) is 6.07 Å². The van der Waals surface area contributed by atoms with Gasteiger partial charge in [-0.2, -0.15) is 0 Å². The van der Waals surface area contributed by atoms with Gasteiger partial charge in [0.1, 0.15) is 5.82 Å². The summed E-state index contributed by atoms with van der Waals surface area (Å²) in [6.07, 6.45) is 0.812. The van der Waals surface area contributed by atoms with E-state index in [2.05, 4.69) is 5.32 Å². The van der Waals surface area contributed by atoms with Crippen LogP contribution in [0.2, 0.25) is 0 Å². The van der Waals surface area contributed by atoms with Crippen LogP contribution in [0.4, 0.5) is 10.1 Å². The topological polar surface area (TPSA) is 71.1 Å². The zero-order valence-electron chi connectivity index (χ0n) is 16.6. The predicted molar refractivity (Wildman–Crippen MR) is 109 cm³/mol. The normalized spacial score (nSPS) is 16.6. The molecule has 0 atom stereocenters. The Labute approximate surface area is 174 Å². The number of amides is 2. The lowest BCUT2D eigenvalue weighted by molar-refractivity contribution is -0.117. The van der Waals surface area contributed by atoms with E-state index in [-0.39, 0.29) is 18.4 Å². The maximum atomic E-state index is 13.2.